The van der Waals surface area contributed by atoms with E-state index in [1.54, 1.807) is 29.3 Å². The highest BCUT2D eigenvalue weighted by molar-refractivity contribution is 9.10. The minimum atomic E-state index is 0.158. The van der Waals surface area contributed by atoms with Gasteiger partial charge in [0.2, 0.25) is 5.91 Å². The van der Waals surface area contributed by atoms with E-state index in [0.717, 1.165) is 28.8 Å². The van der Waals surface area contributed by atoms with Gasteiger partial charge in [-0.25, -0.2) is 0 Å². The highest BCUT2D eigenvalue weighted by Gasteiger charge is 2.21. The van der Waals surface area contributed by atoms with Gasteiger partial charge in [0.1, 0.15) is 5.75 Å². The maximum atomic E-state index is 11.8. The number of aromatic hydroxyl groups is 1. The second-order valence-corrected chi connectivity index (χ2v) is 6.05. The van der Waals surface area contributed by atoms with Gasteiger partial charge in [0, 0.05) is 34.9 Å². The molecule has 4 nitrogen and oxygen atoms in total. The molecule has 0 aliphatic carbocycles. The number of amides is 1. The number of rotatable bonds is 3. The minimum absolute atomic E-state index is 0.158. The number of carbonyl (C=O) groups excluding carboxylic acids is 1. The predicted molar refractivity (Wildman–Crippen MR) is 91.1 cm³/mol. The smallest absolute Gasteiger partial charge is 0.227 e. The third kappa shape index (κ3) is 3.20. The van der Waals surface area contributed by atoms with Crippen molar-refractivity contribution in [1.29, 1.82) is 0 Å². The van der Waals surface area contributed by atoms with Gasteiger partial charge in [0.15, 0.2) is 0 Å². The largest absolute Gasteiger partial charge is 0.507 e. The van der Waals surface area contributed by atoms with Gasteiger partial charge >= 0.3 is 0 Å². The highest BCUT2D eigenvalue weighted by atomic mass is 79.9. The predicted octanol–water partition coefficient (Wildman–Crippen LogP) is 4.03. The Morgan fingerprint density at radius 3 is 2.86 bits per heavy atom. The number of phenolic OH excluding ortho intramolecular Hbond substituents is 1. The molecule has 0 saturated carbocycles. The van der Waals surface area contributed by atoms with Crippen molar-refractivity contribution in [3.8, 4) is 5.75 Å². The Kier molecular flexibility index (Phi) is 4.24. The van der Waals surface area contributed by atoms with Gasteiger partial charge in [0.25, 0.3) is 0 Å². The molecule has 5 heteroatoms. The van der Waals surface area contributed by atoms with Gasteiger partial charge < -0.3 is 10.0 Å². The molecule has 2 aromatic rings. The number of hydrogen-bond donors (Lipinski definition) is 1. The van der Waals surface area contributed by atoms with E-state index in [4.69, 9.17) is 0 Å². The molecule has 1 N–H and O–H groups in total. The molecule has 0 radical (unpaired) electrons. The molecule has 1 heterocycles. The van der Waals surface area contributed by atoms with Gasteiger partial charge in [0.05, 0.1) is 5.69 Å². The Bertz CT molecular complexity index is 743. The Morgan fingerprint density at radius 2 is 2.09 bits per heavy atom. The summed E-state index contributed by atoms with van der Waals surface area (Å²) >= 11 is 3.37. The van der Waals surface area contributed by atoms with E-state index in [-0.39, 0.29) is 11.7 Å². The van der Waals surface area contributed by atoms with Crippen LogP contribution in [-0.2, 0) is 4.79 Å². The summed E-state index contributed by atoms with van der Waals surface area (Å²) in [6.07, 6.45) is 3.13. The molecular formula is C17H15BrN2O2. The van der Waals surface area contributed by atoms with Crippen molar-refractivity contribution in [2.45, 2.75) is 12.8 Å². The van der Waals surface area contributed by atoms with Crippen LogP contribution in [0.15, 0.2) is 51.9 Å². The molecule has 0 bridgehead atoms. The van der Waals surface area contributed by atoms with Crippen LogP contribution >= 0.6 is 15.9 Å². The van der Waals surface area contributed by atoms with E-state index >= 15 is 0 Å². The third-order valence-corrected chi connectivity index (χ3v) is 4.05. The van der Waals surface area contributed by atoms with Gasteiger partial charge in [-0.2, -0.15) is 0 Å². The van der Waals surface area contributed by atoms with E-state index < -0.39 is 0 Å². The average molecular weight is 359 g/mol. The Hall–Kier alpha value is -2.14. The molecule has 2 aromatic carbocycles. The number of aliphatic imine (C=N–C) groups is 1. The van der Waals surface area contributed by atoms with Gasteiger partial charge in [-0.1, -0.05) is 22.0 Å². The fourth-order valence-corrected chi connectivity index (χ4v) is 2.81. The summed E-state index contributed by atoms with van der Waals surface area (Å²) in [6.45, 7) is 0.762. The second kappa shape index (κ2) is 6.32. The number of halogens is 1. The number of hydrogen-bond acceptors (Lipinski definition) is 3. The van der Waals surface area contributed by atoms with Crippen molar-refractivity contribution in [2.24, 2.45) is 4.99 Å². The molecule has 112 valence electrons. The van der Waals surface area contributed by atoms with Crippen LogP contribution < -0.4 is 4.90 Å². The molecule has 1 aliphatic rings. The van der Waals surface area contributed by atoms with Crippen LogP contribution in [0.4, 0.5) is 11.4 Å². The maximum Gasteiger partial charge on any atom is 0.227 e. The first-order chi connectivity index (χ1) is 10.6. The van der Waals surface area contributed by atoms with E-state index in [0.29, 0.717) is 12.0 Å². The summed E-state index contributed by atoms with van der Waals surface area (Å²) in [6, 6.07) is 12.7. The summed E-state index contributed by atoms with van der Waals surface area (Å²) in [5, 5.41) is 9.81. The van der Waals surface area contributed by atoms with Gasteiger partial charge in [-0.05, 0) is 42.8 Å². The normalized spacial score (nSPS) is 15.0. The van der Waals surface area contributed by atoms with E-state index in [2.05, 4.69) is 20.9 Å². The first kappa shape index (κ1) is 14.8. The first-order valence-corrected chi connectivity index (χ1v) is 7.86. The summed E-state index contributed by atoms with van der Waals surface area (Å²) in [5.41, 5.74) is 2.25. The van der Waals surface area contributed by atoms with Crippen LogP contribution in [0.3, 0.4) is 0 Å². The van der Waals surface area contributed by atoms with Gasteiger partial charge in [-0.15, -0.1) is 0 Å². The van der Waals surface area contributed by atoms with Crippen LogP contribution in [0.2, 0.25) is 0 Å². The molecule has 0 aromatic heterocycles. The lowest BCUT2D eigenvalue weighted by Crippen LogP contribution is -2.23. The third-order valence-electron chi connectivity index (χ3n) is 3.56. The molecule has 0 unspecified atom stereocenters. The van der Waals surface area contributed by atoms with Crippen molar-refractivity contribution < 1.29 is 9.90 Å². The van der Waals surface area contributed by atoms with Gasteiger partial charge in [-0.3, -0.25) is 9.79 Å². The Balaban J connectivity index is 1.85. The van der Waals surface area contributed by atoms with E-state index in [9.17, 15) is 9.90 Å². The van der Waals surface area contributed by atoms with Crippen molar-refractivity contribution >= 4 is 39.4 Å². The molecular weight excluding hydrogens is 344 g/mol. The molecule has 1 saturated heterocycles. The molecule has 22 heavy (non-hydrogen) atoms. The minimum Gasteiger partial charge on any atom is -0.507 e. The van der Waals surface area contributed by atoms with Crippen LogP contribution in [0.5, 0.6) is 5.75 Å². The highest BCUT2D eigenvalue weighted by Crippen LogP contribution is 2.26. The number of phenols is 1. The average Bonchev–Trinajstić information content (AvgIpc) is 2.95. The number of benzene rings is 2. The molecule has 1 fully saturated rings. The van der Waals surface area contributed by atoms with Crippen molar-refractivity contribution in [3.05, 3.63) is 52.5 Å². The standard InChI is InChI=1S/C17H15BrN2O2/c18-13-6-7-16(21)12(9-13)11-19-14-3-1-4-15(10-14)20-8-2-5-17(20)22/h1,3-4,6-7,9-11,21H,2,5,8H2. The van der Waals surface area contributed by atoms with Crippen LogP contribution in [0.1, 0.15) is 18.4 Å². The van der Waals surface area contributed by atoms with Crippen LogP contribution in [0.25, 0.3) is 0 Å². The summed E-state index contributed by atoms with van der Waals surface area (Å²) in [7, 11) is 0. The second-order valence-electron chi connectivity index (χ2n) is 5.13. The zero-order valence-corrected chi connectivity index (χ0v) is 13.5. The molecule has 0 spiro atoms. The monoisotopic (exact) mass is 358 g/mol. The summed E-state index contributed by atoms with van der Waals surface area (Å²) in [4.78, 5) is 18.0. The SMILES string of the molecule is O=C1CCCN1c1cccc(N=Cc2cc(Br)ccc2O)c1. The van der Waals surface area contributed by atoms with Crippen LogP contribution in [0, 0.1) is 0 Å². The van der Waals surface area contributed by atoms with Crippen molar-refractivity contribution in [3.63, 3.8) is 0 Å². The quantitative estimate of drug-likeness (QED) is 0.842. The fraction of sp³-hybridized carbons (Fsp3) is 0.176. The lowest BCUT2D eigenvalue weighted by molar-refractivity contribution is -0.117. The Morgan fingerprint density at radius 1 is 1.23 bits per heavy atom. The number of anilines is 1. The fourth-order valence-electron chi connectivity index (χ4n) is 2.44. The molecule has 1 aliphatic heterocycles. The van der Waals surface area contributed by atoms with E-state index in [1.165, 1.54) is 0 Å². The number of nitrogens with zero attached hydrogens (tertiary/aromatic N) is 2. The zero-order chi connectivity index (χ0) is 15.5. The van der Waals surface area contributed by atoms with Crippen LogP contribution in [-0.4, -0.2) is 23.8 Å². The Labute approximate surface area is 137 Å². The maximum absolute atomic E-state index is 11.8. The van der Waals surface area contributed by atoms with Crippen molar-refractivity contribution in [2.75, 3.05) is 11.4 Å². The summed E-state index contributed by atoms with van der Waals surface area (Å²) < 4.78 is 0.878. The summed E-state index contributed by atoms with van der Waals surface area (Å²) in [5.74, 6) is 0.337. The topological polar surface area (TPSA) is 52.9 Å². The van der Waals surface area contributed by atoms with Crippen molar-refractivity contribution in [1.82, 2.24) is 0 Å². The van der Waals surface area contributed by atoms with E-state index in [1.807, 2.05) is 24.3 Å². The lowest BCUT2D eigenvalue weighted by atomic mass is 10.2. The number of carbonyl (C=O) groups is 1. The molecule has 1 amide bonds. The first-order valence-electron chi connectivity index (χ1n) is 7.06. The molecule has 0 atom stereocenters. The zero-order valence-electron chi connectivity index (χ0n) is 11.9. The molecule has 3 rings (SSSR count). The lowest BCUT2D eigenvalue weighted by Gasteiger charge is -2.15.